The molecule has 0 unspecified atom stereocenters. The Morgan fingerprint density at radius 3 is 2.93 bits per heavy atom. The van der Waals surface area contributed by atoms with Gasteiger partial charge in [-0.2, -0.15) is 0 Å². The minimum absolute atomic E-state index is 0.0277. The SMILES string of the molecule is N[C@H]1CC[C@@H](C(=O)NCc2cn3ccncc3n2)CN(C2CCOCC2)C1. The van der Waals surface area contributed by atoms with Gasteiger partial charge in [-0.15, -0.1) is 0 Å². The van der Waals surface area contributed by atoms with Gasteiger partial charge in [0.15, 0.2) is 5.65 Å². The zero-order valence-electron chi connectivity index (χ0n) is 15.6. The van der Waals surface area contributed by atoms with Crippen molar-refractivity contribution in [3.63, 3.8) is 0 Å². The Labute approximate surface area is 159 Å². The minimum atomic E-state index is -0.0277. The lowest BCUT2D eigenvalue weighted by atomic mass is 10.0. The van der Waals surface area contributed by atoms with E-state index in [0.29, 0.717) is 12.6 Å². The summed E-state index contributed by atoms with van der Waals surface area (Å²) in [5.41, 5.74) is 7.90. The average molecular weight is 372 g/mol. The monoisotopic (exact) mass is 372 g/mol. The number of carbonyl (C=O) groups is 1. The molecule has 2 aliphatic heterocycles. The first-order chi connectivity index (χ1) is 13.2. The van der Waals surface area contributed by atoms with Gasteiger partial charge in [0.05, 0.1) is 24.4 Å². The number of likely N-dealkylation sites (tertiary alicyclic amines) is 1. The van der Waals surface area contributed by atoms with Gasteiger partial charge in [0.25, 0.3) is 0 Å². The summed E-state index contributed by atoms with van der Waals surface area (Å²) in [5, 5.41) is 3.07. The number of aromatic nitrogens is 3. The van der Waals surface area contributed by atoms with Crippen LogP contribution in [-0.4, -0.2) is 63.6 Å². The Kier molecular flexibility index (Phi) is 5.66. The fourth-order valence-electron chi connectivity index (χ4n) is 4.12. The lowest BCUT2D eigenvalue weighted by molar-refractivity contribution is -0.126. The Morgan fingerprint density at radius 1 is 1.26 bits per heavy atom. The molecule has 2 fully saturated rings. The number of nitrogens with zero attached hydrogens (tertiary/aromatic N) is 4. The maximum absolute atomic E-state index is 12.8. The molecule has 0 spiro atoms. The van der Waals surface area contributed by atoms with Gasteiger partial charge in [-0.3, -0.25) is 14.7 Å². The first kappa shape index (κ1) is 18.3. The van der Waals surface area contributed by atoms with E-state index in [1.54, 1.807) is 12.4 Å². The molecule has 2 aliphatic rings. The molecule has 27 heavy (non-hydrogen) atoms. The zero-order chi connectivity index (χ0) is 18.6. The third-order valence-electron chi connectivity index (χ3n) is 5.65. The number of hydrogen-bond acceptors (Lipinski definition) is 6. The van der Waals surface area contributed by atoms with Gasteiger partial charge in [0.2, 0.25) is 5.91 Å². The van der Waals surface area contributed by atoms with E-state index in [4.69, 9.17) is 10.5 Å². The Bertz CT molecular complexity index is 739. The largest absolute Gasteiger partial charge is 0.381 e. The molecular weight excluding hydrogens is 344 g/mol. The van der Waals surface area contributed by atoms with Crippen LogP contribution in [0.3, 0.4) is 0 Å². The summed E-state index contributed by atoms with van der Waals surface area (Å²) < 4.78 is 7.39. The third kappa shape index (κ3) is 4.45. The van der Waals surface area contributed by atoms with E-state index in [9.17, 15) is 4.79 Å². The minimum Gasteiger partial charge on any atom is -0.381 e. The third-order valence-corrected chi connectivity index (χ3v) is 5.65. The highest BCUT2D eigenvalue weighted by atomic mass is 16.5. The number of amides is 1. The van der Waals surface area contributed by atoms with E-state index >= 15 is 0 Å². The molecule has 0 radical (unpaired) electrons. The number of nitrogens with two attached hydrogens (primary N) is 1. The summed E-state index contributed by atoms with van der Waals surface area (Å²) >= 11 is 0. The molecular formula is C19H28N6O2. The number of fused-ring (bicyclic) bond motifs is 1. The maximum Gasteiger partial charge on any atom is 0.224 e. The smallest absolute Gasteiger partial charge is 0.224 e. The molecule has 1 amide bonds. The second kappa shape index (κ2) is 8.33. The Hall–Kier alpha value is -2.03. The topological polar surface area (TPSA) is 97.8 Å². The molecule has 0 aromatic carbocycles. The highest BCUT2D eigenvalue weighted by Gasteiger charge is 2.31. The molecule has 0 saturated carbocycles. The van der Waals surface area contributed by atoms with Crippen molar-refractivity contribution in [3.05, 3.63) is 30.5 Å². The number of ether oxygens (including phenoxy) is 1. The van der Waals surface area contributed by atoms with E-state index < -0.39 is 0 Å². The molecule has 8 nitrogen and oxygen atoms in total. The number of rotatable bonds is 4. The lowest BCUT2D eigenvalue weighted by Gasteiger charge is -2.35. The Morgan fingerprint density at radius 2 is 2.11 bits per heavy atom. The molecule has 4 rings (SSSR count). The number of carbonyl (C=O) groups excluding carboxylic acids is 1. The number of imidazole rings is 1. The van der Waals surface area contributed by atoms with Crippen LogP contribution in [0.2, 0.25) is 0 Å². The molecule has 2 saturated heterocycles. The lowest BCUT2D eigenvalue weighted by Crippen LogP contribution is -2.47. The molecule has 3 N–H and O–H groups in total. The van der Waals surface area contributed by atoms with E-state index in [2.05, 4.69) is 20.2 Å². The number of hydrogen-bond donors (Lipinski definition) is 2. The van der Waals surface area contributed by atoms with Crippen molar-refractivity contribution in [1.82, 2.24) is 24.6 Å². The molecule has 0 aliphatic carbocycles. The van der Waals surface area contributed by atoms with Crippen LogP contribution in [-0.2, 0) is 16.1 Å². The molecule has 0 bridgehead atoms. The highest BCUT2D eigenvalue weighted by Crippen LogP contribution is 2.22. The van der Waals surface area contributed by atoms with Crippen LogP contribution in [0.4, 0.5) is 0 Å². The van der Waals surface area contributed by atoms with Crippen LogP contribution in [0.1, 0.15) is 31.4 Å². The van der Waals surface area contributed by atoms with Crippen molar-refractivity contribution in [2.75, 3.05) is 26.3 Å². The van der Waals surface area contributed by atoms with Gasteiger partial charge < -0.3 is 20.2 Å². The van der Waals surface area contributed by atoms with Crippen LogP contribution in [0, 0.1) is 5.92 Å². The Balaban J connectivity index is 1.37. The number of nitrogens with one attached hydrogen (secondary N) is 1. The predicted octanol–water partition coefficient (Wildman–Crippen LogP) is 0.564. The van der Waals surface area contributed by atoms with E-state index in [0.717, 1.165) is 63.3 Å². The van der Waals surface area contributed by atoms with Crippen LogP contribution < -0.4 is 11.1 Å². The second-order valence-corrected chi connectivity index (χ2v) is 7.62. The first-order valence-corrected chi connectivity index (χ1v) is 9.82. The van der Waals surface area contributed by atoms with Crippen molar-refractivity contribution in [2.24, 2.45) is 11.7 Å². The summed E-state index contributed by atoms with van der Waals surface area (Å²) in [4.78, 5) is 23.8. The van der Waals surface area contributed by atoms with Gasteiger partial charge in [-0.1, -0.05) is 0 Å². The molecule has 2 aromatic rings. The van der Waals surface area contributed by atoms with Crippen molar-refractivity contribution >= 4 is 11.6 Å². The summed E-state index contributed by atoms with van der Waals surface area (Å²) in [6.45, 7) is 3.68. The fourth-order valence-corrected chi connectivity index (χ4v) is 4.12. The van der Waals surface area contributed by atoms with Gasteiger partial charge in [0, 0.05) is 57.0 Å². The molecule has 2 aromatic heterocycles. The second-order valence-electron chi connectivity index (χ2n) is 7.62. The maximum atomic E-state index is 12.8. The summed E-state index contributed by atoms with van der Waals surface area (Å²) in [6.07, 6.45) is 11.0. The van der Waals surface area contributed by atoms with Crippen molar-refractivity contribution in [1.29, 1.82) is 0 Å². The van der Waals surface area contributed by atoms with Crippen LogP contribution in [0.15, 0.2) is 24.8 Å². The summed E-state index contributed by atoms with van der Waals surface area (Å²) in [6, 6.07) is 0.612. The predicted molar refractivity (Wildman–Crippen MR) is 101 cm³/mol. The standard InChI is InChI=1S/C19H28N6O2/c20-15-2-1-14(11-25(12-15)17-3-7-27-8-4-17)19(26)22-9-16-13-24-6-5-21-10-18(24)23-16/h5-6,10,13-15,17H,1-4,7-9,11-12,20H2,(H,22,26)/t14-,15+/m1/s1. The first-order valence-electron chi connectivity index (χ1n) is 9.82. The summed E-state index contributed by atoms with van der Waals surface area (Å²) in [5.74, 6) is 0.0661. The van der Waals surface area contributed by atoms with Gasteiger partial charge in [-0.05, 0) is 25.7 Å². The van der Waals surface area contributed by atoms with Gasteiger partial charge >= 0.3 is 0 Å². The molecule has 2 atom stereocenters. The van der Waals surface area contributed by atoms with Crippen LogP contribution >= 0.6 is 0 Å². The quantitative estimate of drug-likeness (QED) is 0.814. The molecule has 4 heterocycles. The van der Waals surface area contributed by atoms with Crippen molar-refractivity contribution in [2.45, 2.75) is 44.3 Å². The molecule has 146 valence electrons. The highest BCUT2D eigenvalue weighted by molar-refractivity contribution is 5.78. The summed E-state index contributed by atoms with van der Waals surface area (Å²) in [7, 11) is 0. The van der Waals surface area contributed by atoms with Gasteiger partial charge in [0.1, 0.15) is 0 Å². The van der Waals surface area contributed by atoms with Crippen LogP contribution in [0.25, 0.3) is 5.65 Å². The van der Waals surface area contributed by atoms with E-state index in [-0.39, 0.29) is 17.9 Å². The normalized spacial score (nSPS) is 25.4. The van der Waals surface area contributed by atoms with Crippen LogP contribution in [0.5, 0.6) is 0 Å². The van der Waals surface area contributed by atoms with E-state index in [1.165, 1.54) is 0 Å². The molecule has 8 heteroatoms. The van der Waals surface area contributed by atoms with E-state index in [1.807, 2.05) is 16.8 Å². The average Bonchev–Trinajstić information content (AvgIpc) is 3.01. The fraction of sp³-hybridized carbons (Fsp3) is 0.632. The van der Waals surface area contributed by atoms with Crippen molar-refractivity contribution < 1.29 is 9.53 Å². The van der Waals surface area contributed by atoms with Crippen molar-refractivity contribution in [3.8, 4) is 0 Å². The zero-order valence-corrected chi connectivity index (χ0v) is 15.6. The van der Waals surface area contributed by atoms with Gasteiger partial charge in [-0.25, -0.2) is 4.98 Å².